The molecule has 8 heteroatoms. The van der Waals surface area contributed by atoms with Crippen LogP contribution >= 0.6 is 0 Å². The van der Waals surface area contributed by atoms with Crippen molar-refractivity contribution in [1.29, 1.82) is 0 Å². The molecule has 33 heavy (non-hydrogen) atoms. The molecule has 3 aromatic carbocycles. The fourth-order valence-electron chi connectivity index (χ4n) is 3.27. The molecule has 0 saturated heterocycles. The Balaban J connectivity index is 1.57. The molecule has 0 aliphatic rings. The highest BCUT2D eigenvalue weighted by Gasteiger charge is 2.16. The van der Waals surface area contributed by atoms with Crippen molar-refractivity contribution >= 4 is 21.6 Å². The van der Waals surface area contributed by atoms with Crippen LogP contribution in [0.4, 0.5) is 5.69 Å². The third-order valence-electron chi connectivity index (χ3n) is 5.25. The molecule has 0 heterocycles. The van der Waals surface area contributed by atoms with Gasteiger partial charge >= 0.3 is 0 Å². The maximum absolute atomic E-state index is 12.7. The number of rotatable bonds is 9. The number of methoxy groups -OCH3 is 1. The number of carbonyl (C=O) groups is 1. The van der Waals surface area contributed by atoms with E-state index in [1.807, 2.05) is 51.1 Å². The maximum Gasteiger partial charge on any atom is 0.261 e. The minimum Gasteiger partial charge on any atom is -0.496 e. The first kappa shape index (κ1) is 24.1. The molecule has 0 fully saturated rings. The van der Waals surface area contributed by atoms with Gasteiger partial charge in [0.2, 0.25) is 0 Å². The SMILES string of the molecule is COc1ccccc1C(C)NC(=O)COc1ccc(S(=O)(=O)Nc2ccc(C)c(C)c2)cc1. The fraction of sp³-hybridized carbons (Fsp3) is 0.240. The fourth-order valence-corrected chi connectivity index (χ4v) is 4.32. The topological polar surface area (TPSA) is 93.7 Å². The Morgan fingerprint density at radius 2 is 1.67 bits per heavy atom. The van der Waals surface area contributed by atoms with E-state index < -0.39 is 10.0 Å². The lowest BCUT2D eigenvalue weighted by molar-refractivity contribution is -0.123. The van der Waals surface area contributed by atoms with Gasteiger partial charge in [-0.3, -0.25) is 9.52 Å². The molecule has 2 N–H and O–H groups in total. The standard InChI is InChI=1S/C25H28N2O5S/c1-17-9-10-20(15-18(17)2)27-33(29,30)22-13-11-21(12-14-22)32-16-25(28)26-19(3)23-7-5-6-8-24(23)31-4/h5-15,19,27H,16H2,1-4H3,(H,26,28). The largest absolute Gasteiger partial charge is 0.496 e. The van der Waals surface area contributed by atoms with Crippen LogP contribution in [0.15, 0.2) is 71.6 Å². The van der Waals surface area contributed by atoms with E-state index in [0.29, 0.717) is 17.2 Å². The van der Waals surface area contributed by atoms with E-state index in [1.54, 1.807) is 19.2 Å². The summed E-state index contributed by atoms with van der Waals surface area (Å²) < 4.78 is 38.7. The van der Waals surface area contributed by atoms with Crippen LogP contribution in [0, 0.1) is 13.8 Å². The zero-order chi connectivity index (χ0) is 24.0. The first-order valence-electron chi connectivity index (χ1n) is 10.4. The van der Waals surface area contributed by atoms with Gasteiger partial charge in [-0.15, -0.1) is 0 Å². The molecule has 7 nitrogen and oxygen atoms in total. The van der Waals surface area contributed by atoms with Crippen molar-refractivity contribution in [2.45, 2.75) is 31.7 Å². The van der Waals surface area contributed by atoms with Crippen molar-refractivity contribution in [1.82, 2.24) is 5.32 Å². The molecule has 3 rings (SSSR count). The van der Waals surface area contributed by atoms with E-state index >= 15 is 0 Å². The number of benzene rings is 3. The number of hydrogen-bond acceptors (Lipinski definition) is 5. The molecule has 1 atom stereocenters. The molecular weight excluding hydrogens is 440 g/mol. The highest BCUT2D eigenvalue weighted by molar-refractivity contribution is 7.92. The number of para-hydroxylation sites is 1. The molecule has 0 aromatic heterocycles. The number of anilines is 1. The molecule has 0 radical (unpaired) electrons. The van der Waals surface area contributed by atoms with Gasteiger partial charge < -0.3 is 14.8 Å². The summed E-state index contributed by atoms with van der Waals surface area (Å²) in [6.07, 6.45) is 0. The van der Waals surface area contributed by atoms with Crippen molar-refractivity contribution in [3.05, 3.63) is 83.4 Å². The van der Waals surface area contributed by atoms with Gasteiger partial charge in [0, 0.05) is 11.3 Å². The van der Waals surface area contributed by atoms with Crippen LogP contribution in [0.5, 0.6) is 11.5 Å². The first-order valence-corrected chi connectivity index (χ1v) is 11.9. The Hall–Kier alpha value is -3.52. The van der Waals surface area contributed by atoms with Gasteiger partial charge in [-0.1, -0.05) is 24.3 Å². The van der Waals surface area contributed by atoms with Gasteiger partial charge in [0.05, 0.1) is 18.0 Å². The summed E-state index contributed by atoms with van der Waals surface area (Å²) in [4.78, 5) is 12.4. The number of sulfonamides is 1. The first-order chi connectivity index (χ1) is 15.7. The number of hydrogen-bond donors (Lipinski definition) is 2. The van der Waals surface area contributed by atoms with E-state index in [-0.39, 0.29) is 23.5 Å². The van der Waals surface area contributed by atoms with E-state index in [9.17, 15) is 13.2 Å². The molecular formula is C25H28N2O5S. The molecule has 1 unspecified atom stereocenters. The third kappa shape index (κ3) is 6.26. The number of nitrogens with one attached hydrogen (secondary N) is 2. The van der Waals surface area contributed by atoms with Crippen LogP contribution in [0.25, 0.3) is 0 Å². The number of carbonyl (C=O) groups excluding carboxylic acids is 1. The zero-order valence-corrected chi connectivity index (χ0v) is 19.9. The summed E-state index contributed by atoms with van der Waals surface area (Å²) in [7, 11) is -2.16. The Morgan fingerprint density at radius 1 is 0.970 bits per heavy atom. The molecule has 0 aliphatic heterocycles. The monoisotopic (exact) mass is 468 g/mol. The van der Waals surface area contributed by atoms with Crippen LogP contribution < -0.4 is 19.5 Å². The van der Waals surface area contributed by atoms with E-state index in [1.165, 1.54) is 24.3 Å². The van der Waals surface area contributed by atoms with Crippen LogP contribution in [0.3, 0.4) is 0 Å². The van der Waals surface area contributed by atoms with Crippen molar-refractivity contribution < 1.29 is 22.7 Å². The molecule has 174 valence electrons. The second kappa shape index (κ2) is 10.4. The van der Waals surface area contributed by atoms with E-state index in [2.05, 4.69) is 10.0 Å². The summed E-state index contributed by atoms with van der Waals surface area (Å²) in [6.45, 7) is 5.54. The van der Waals surface area contributed by atoms with Crippen LogP contribution in [-0.4, -0.2) is 28.0 Å². The lowest BCUT2D eigenvalue weighted by Crippen LogP contribution is -2.31. The number of aryl methyl sites for hydroxylation is 2. The van der Waals surface area contributed by atoms with Gasteiger partial charge in [-0.25, -0.2) is 8.42 Å². The van der Waals surface area contributed by atoms with Gasteiger partial charge in [0.1, 0.15) is 11.5 Å². The summed E-state index contributed by atoms with van der Waals surface area (Å²) in [5.41, 5.74) is 3.44. The van der Waals surface area contributed by atoms with E-state index in [4.69, 9.17) is 9.47 Å². The van der Waals surface area contributed by atoms with Crippen molar-refractivity contribution in [2.75, 3.05) is 18.4 Å². The van der Waals surface area contributed by atoms with Gasteiger partial charge in [0.15, 0.2) is 6.61 Å². The number of amides is 1. The highest BCUT2D eigenvalue weighted by Crippen LogP contribution is 2.24. The second-order valence-corrected chi connectivity index (χ2v) is 9.38. The summed E-state index contributed by atoms with van der Waals surface area (Å²) in [6, 6.07) is 18.5. The lowest BCUT2D eigenvalue weighted by atomic mass is 10.1. The van der Waals surface area contributed by atoms with Crippen LogP contribution in [0.2, 0.25) is 0 Å². The lowest BCUT2D eigenvalue weighted by Gasteiger charge is -2.17. The van der Waals surface area contributed by atoms with Crippen molar-refractivity contribution in [3.8, 4) is 11.5 Å². The maximum atomic E-state index is 12.7. The Kier molecular flexibility index (Phi) is 7.60. The molecule has 0 spiro atoms. The van der Waals surface area contributed by atoms with Gasteiger partial charge in [-0.2, -0.15) is 0 Å². The predicted octanol–water partition coefficient (Wildman–Crippen LogP) is 4.37. The normalized spacial score (nSPS) is 12.0. The smallest absolute Gasteiger partial charge is 0.261 e. The van der Waals surface area contributed by atoms with Gasteiger partial charge in [-0.05, 0) is 74.4 Å². The second-order valence-electron chi connectivity index (χ2n) is 7.70. The Bertz CT molecular complexity index is 1220. The minimum atomic E-state index is -3.74. The predicted molar refractivity (Wildman–Crippen MR) is 128 cm³/mol. The summed E-state index contributed by atoms with van der Waals surface area (Å²) >= 11 is 0. The minimum absolute atomic E-state index is 0.0994. The Morgan fingerprint density at radius 3 is 2.33 bits per heavy atom. The molecule has 0 saturated carbocycles. The van der Waals surface area contributed by atoms with Crippen LogP contribution in [-0.2, 0) is 14.8 Å². The zero-order valence-electron chi connectivity index (χ0n) is 19.1. The Labute approximate surface area is 194 Å². The number of ether oxygens (including phenoxy) is 2. The molecule has 3 aromatic rings. The molecule has 0 bridgehead atoms. The molecule has 1 amide bonds. The van der Waals surface area contributed by atoms with Crippen LogP contribution in [0.1, 0.15) is 29.7 Å². The summed E-state index contributed by atoms with van der Waals surface area (Å²) in [5, 5.41) is 2.86. The van der Waals surface area contributed by atoms with Crippen molar-refractivity contribution in [3.63, 3.8) is 0 Å². The third-order valence-corrected chi connectivity index (χ3v) is 6.64. The van der Waals surface area contributed by atoms with E-state index in [0.717, 1.165) is 16.7 Å². The average molecular weight is 469 g/mol. The quantitative estimate of drug-likeness (QED) is 0.486. The highest BCUT2D eigenvalue weighted by atomic mass is 32.2. The molecule has 0 aliphatic carbocycles. The average Bonchev–Trinajstić information content (AvgIpc) is 2.80. The summed E-state index contributed by atoms with van der Waals surface area (Å²) in [5.74, 6) is 0.777. The van der Waals surface area contributed by atoms with Crippen molar-refractivity contribution in [2.24, 2.45) is 0 Å². The van der Waals surface area contributed by atoms with Gasteiger partial charge in [0.25, 0.3) is 15.9 Å².